The zero-order valence-corrected chi connectivity index (χ0v) is 18.5. The van der Waals surface area contributed by atoms with Gasteiger partial charge < -0.3 is 20.4 Å². The lowest BCUT2D eigenvalue weighted by atomic mass is 9.92. The molecular formula is C22H42N4O2. The Hall–Kier alpha value is -1.46. The smallest absolute Gasteiger partial charge is 0.317 e. The highest BCUT2D eigenvalue weighted by Crippen LogP contribution is 2.21. The first-order valence-electron chi connectivity index (χ1n) is 11.4. The SMILES string of the molecule is C[C@@H]1C[C@H](C)CN(C(=O)NCCCCCCNC(=O)N2C[C@@H](C)C[C@H](C)C2)C1. The predicted octanol–water partition coefficient (Wildman–Crippen LogP) is 3.92. The molecular weight excluding hydrogens is 352 g/mol. The number of rotatable bonds is 7. The first-order valence-corrected chi connectivity index (χ1v) is 11.4. The number of carbonyl (C=O) groups is 2. The second-order valence-electron chi connectivity index (χ2n) is 9.58. The summed E-state index contributed by atoms with van der Waals surface area (Å²) in [6, 6.07) is 0.186. The van der Waals surface area contributed by atoms with Crippen LogP contribution in [-0.4, -0.2) is 61.1 Å². The lowest BCUT2D eigenvalue weighted by Gasteiger charge is -2.35. The van der Waals surface area contributed by atoms with Gasteiger partial charge in [-0.1, -0.05) is 40.5 Å². The Morgan fingerprint density at radius 3 is 1.29 bits per heavy atom. The van der Waals surface area contributed by atoms with Crippen molar-refractivity contribution in [3.63, 3.8) is 0 Å². The van der Waals surface area contributed by atoms with Crippen LogP contribution in [0.3, 0.4) is 0 Å². The summed E-state index contributed by atoms with van der Waals surface area (Å²) >= 11 is 0. The second kappa shape index (κ2) is 11.5. The van der Waals surface area contributed by atoms with Gasteiger partial charge in [0.1, 0.15) is 0 Å². The number of carbonyl (C=O) groups excluding carboxylic acids is 2. The van der Waals surface area contributed by atoms with E-state index in [9.17, 15) is 9.59 Å². The maximum Gasteiger partial charge on any atom is 0.317 e. The Morgan fingerprint density at radius 2 is 0.964 bits per heavy atom. The Kier molecular flexibility index (Phi) is 9.39. The number of piperidine rings is 2. The number of likely N-dealkylation sites (tertiary alicyclic amines) is 2. The van der Waals surface area contributed by atoms with Crippen molar-refractivity contribution in [1.82, 2.24) is 20.4 Å². The van der Waals surface area contributed by atoms with Crippen molar-refractivity contribution in [2.45, 2.75) is 66.2 Å². The maximum absolute atomic E-state index is 12.3. The first kappa shape index (κ1) is 22.8. The zero-order chi connectivity index (χ0) is 20.5. The highest BCUT2D eigenvalue weighted by molar-refractivity contribution is 5.74. The summed E-state index contributed by atoms with van der Waals surface area (Å²) in [6.07, 6.45) is 6.60. The third kappa shape index (κ3) is 7.88. The van der Waals surface area contributed by atoms with E-state index in [0.717, 1.165) is 65.0 Å². The largest absolute Gasteiger partial charge is 0.338 e. The molecule has 162 valence electrons. The zero-order valence-electron chi connectivity index (χ0n) is 18.5. The molecule has 0 aliphatic carbocycles. The fourth-order valence-electron chi connectivity index (χ4n) is 4.88. The number of hydrogen-bond acceptors (Lipinski definition) is 2. The van der Waals surface area contributed by atoms with Gasteiger partial charge in [0, 0.05) is 39.3 Å². The third-order valence-corrected chi connectivity index (χ3v) is 5.97. The van der Waals surface area contributed by atoms with Crippen LogP contribution in [0, 0.1) is 23.7 Å². The molecule has 4 amide bonds. The van der Waals surface area contributed by atoms with Gasteiger partial charge in [0.25, 0.3) is 0 Å². The summed E-state index contributed by atoms with van der Waals surface area (Å²) in [5, 5.41) is 6.13. The van der Waals surface area contributed by atoms with Crippen molar-refractivity contribution >= 4 is 12.1 Å². The number of hydrogen-bond donors (Lipinski definition) is 2. The van der Waals surface area contributed by atoms with Crippen molar-refractivity contribution in [3.8, 4) is 0 Å². The van der Waals surface area contributed by atoms with E-state index in [1.54, 1.807) is 0 Å². The van der Waals surface area contributed by atoms with Gasteiger partial charge in [0.15, 0.2) is 0 Å². The van der Waals surface area contributed by atoms with E-state index in [1.165, 1.54) is 12.8 Å². The summed E-state index contributed by atoms with van der Waals surface area (Å²) in [7, 11) is 0. The van der Waals surface area contributed by atoms with Gasteiger partial charge in [-0.05, 0) is 49.4 Å². The van der Waals surface area contributed by atoms with Crippen LogP contribution in [0.25, 0.3) is 0 Å². The molecule has 2 heterocycles. The third-order valence-electron chi connectivity index (χ3n) is 5.97. The van der Waals surface area contributed by atoms with Crippen LogP contribution in [0.5, 0.6) is 0 Å². The average molecular weight is 395 g/mol. The van der Waals surface area contributed by atoms with Crippen molar-refractivity contribution in [3.05, 3.63) is 0 Å². The van der Waals surface area contributed by atoms with Crippen LogP contribution in [0.15, 0.2) is 0 Å². The number of unbranched alkanes of at least 4 members (excludes halogenated alkanes) is 3. The van der Waals surface area contributed by atoms with Gasteiger partial charge in [-0.25, -0.2) is 9.59 Å². The number of urea groups is 2. The molecule has 0 aromatic rings. The monoisotopic (exact) mass is 394 g/mol. The minimum atomic E-state index is 0.0932. The summed E-state index contributed by atoms with van der Waals surface area (Å²) in [5.41, 5.74) is 0. The van der Waals surface area contributed by atoms with Gasteiger partial charge in [0.2, 0.25) is 0 Å². The minimum absolute atomic E-state index is 0.0932. The van der Waals surface area contributed by atoms with Crippen LogP contribution in [-0.2, 0) is 0 Å². The Labute approximate surface area is 171 Å². The molecule has 0 saturated carbocycles. The molecule has 0 bridgehead atoms. The molecule has 0 aromatic heterocycles. The van der Waals surface area contributed by atoms with Gasteiger partial charge in [-0.15, -0.1) is 0 Å². The summed E-state index contributed by atoms with van der Waals surface area (Å²) in [6.45, 7) is 13.9. The highest BCUT2D eigenvalue weighted by Gasteiger charge is 2.26. The molecule has 2 N–H and O–H groups in total. The summed E-state index contributed by atoms with van der Waals surface area (Å²) in [4.78, 5) is 28.5. The van der Waals surface area contributed by atoms with Crippen molar-refractivity contribution < 1.29 is 9.59 Å². The van der Waals surface area contributed by atoms with Gasteiger partial charge in [-0.3, -0.25) is 0 Å². The van der Waals surface area contributed by atoms with Crippen molar-refractivity contribution in [2.75, 3.05) is 39.3 Å². The minimum Gasteiger partial charge on any atom is -0.338 e. The molecule has 2 aliphatic heterocycles. The molecule has 0 radical (unpaired) electrons. The van der Waals surface area contributed by atoms with Crippen LogP contribution >= 0.6 is 0 Å². The Balaban J connectivity index is 1.47. The first-order chi connectivity index (χ1) is 13.3. The summed E-state index contributed by atoms with van der Waals surface area (Å²) in [5.74, 6) is 2.39. The molecule has 28 heavy (non-hydrogen) atoms. The molecule has 2 aliphatic rings. The van der Waals surface area contributed by atoms with Gasteiger partial charge >= 0.3 is 12.1 Å². The maximum atomic E-state index is 12.3. The van der Waals surface area contributed by atoms with Crippen LogP contribution < -0.4 is 10.6 Å². The molecule has 6 nitrogen and oxygen atoms in total. The normalized spacial score (nSPS) is 28.1. The molecule has 4 atom stereocenters. The Bertz CT molecular complexity index is 435. The molecule has 2 fully saturated rings. The van der Waals surface area contributed by atoms with Crippen molar-refractivity contribution in [1.29, 1.82) is 0 Å². The predicted molar refractivity (Wildman–Crippen MR) is 114 cm³/mol. The van der Waals surface area contributed by atoms with E-state index < -0.39 is 0 Å². The average Bonchev–Trinajstić information content (AvgIpc) is 2.61. The van der Waals surface area contributed by atoms with Crippen molar-refractivity contribution in [2.24, 2.45) is 23.7 Å². The van der Waals surface area contributed by atoms with E-state index in [0.29, 0.717) is 23.7 Å². The Morgan fingerprint density at radius 1 is 0.643 bits per heavy atom. The topological polar surface area (TPSA) is 64.7 Å². The van der Waals surface area contributed by atoms with E-state index in [-0.39, 0.29) is 12.1 Å². The van der Waals surface area contributed by atoms with E-state index in [2.05, 4.69) is 38.3 Å². The number of nitrogens with zero attached hydrogens (tertiary/aromatic N) is 2. The quantitative estimate of drug-likeness (QED) is 0.643. The van der Waals surface area contributed by atoms with E-state index in [1.807, 2.05) is 9.80 Å². The van der Waals surface area contributed by atoms with Crippen LogP contribution in [0.1, 0.15) is 66.2 Å². The molecule has 6 heteroatoms. The van der Waals surface area contributed by atoms with Gasteiger partial charge in [0.05, 0.1) is 0 Å². The highest BCUT2D eigenvalue weighted by atomic mass is 16.2. The fourth-order valence-corrected chi connectivity index (χ4v) is 4.88. The summed E-state index contributed by atoms with van der Waals surface area (Å²) < 4.78 is 0. The van der Waals surface area contributed by atoms with Gasteiger partial charge in [-0.2, -0.15) is 0 Å². The lowest BCUT2D eigenvalue weighted by Crippen LogP contribution is -2.47. The van der Waals surface area contributed by atoms with Crippen LogP contribution in [0.4, 0.5) is 9.59 Å². The standard InChI is InChI=1S/C22H42N4O2/c1-17-11-18(2)14-25(13-17)21(27)23-9-7-5-6-8-10-24-22(28)26-15-19(3)12-20(4)16-26/h17-20H,5-16H2,1-4H3,(H,23,27)(H,24,28)/t17-,18-,19-,20+/m0/s1. The van der Waals surface area contributed by atoms with Crippen LogP contribution in [0.2, 0.25) is 0 Å². The van der Waals surface area contributed by atoms with E-state index in [4.69, 9.17) is 0 Å². The molecule has 0 unspecified atom stereocenters. The molecule has 2 saturated heterocycles. The molecule has 2 rings (SSSR count). The fraction of sp³-hybridized carbons (Fsp3) is 0.909. The number of nitrogens with one attached hydrogen (secondary N) is 2. The lowest BCUT2D eigenvalue weighted by molar-refractivity contribution is 0.145. The van der Waals surface area contributed by atoms with E-state index >= 15 is 0 Å². The second-order valence-corrected chi connectivity index (χ2v) is 9.58. The number of amides is 4. The molecule has 0 spiro atoms. The molecule has 0 aromatic carbocycles.